The van der Waals surface area contributed by atoms with Crippen molar-refractivity contribution in [1.29, 1.82) is 0 Å². The number of pyridine rings is 1. The number of hydrogen-bond acceptors (Lipinski definition) is 7. The molecule has 6 nitrogen and oxygen atoms in total. The van der Waals surface area contributed by atoms with Crippen LogP contribution in [0.5, 0.6) is 11.5 Å². The van der Waals surface area contributed by atoms with Gasteiger partial charge in [-0.2, -0.15) is 0 Å². The molecule has 1 aromatic carbocycles. The highest BCUT2D eigenvalue weighted by Gasteiger charge is 2.25. The molecule has 3 aromatic rings. The third kappa shape index (κ3) is 3.13. The summed E-state index contributed by atoms with van der Waals surface area (Å²) in [6.07, 6.45) is 3.46. The molecular formula is C17H18N4O2S. The zero-order chi connectivity index (χ0) is 16.4. The summed E-state index contributed by atoms with van der Waals surface area (Å²) in [6.45, 7) is 3.22. The molecular weight excluding hydrogens is 324 g/mol. The van der Waals surface area contributed by atoms with Gasteiger partial charge in [-0.25, -0.2) is 4.98 Å². The van der Waals surface area contributed by atoms with E-state index >= 15 is 0 Å². The number of fused-ring (bicyclic) bond motifs is 1. The third-order valence-corrected chi connectivity index (χ3v) is 5.09. The van der Waals surface area contributed by atoms with E-state index in [1.807, 2.05) is 18.2 Å². The zero-order valence-corrected chi connectivity index (χ0v) is 13.9. The second kappa shape index (κ2) is 6.62. The quantitative estimate of drug-likeness (QED) is 0.758. The van der Waals surface area contributed by atoms with Crippen LogP contribution < -0.4 is 15.0 Å². The summed E-state index contributed by atoms with van der Waals surface area (Å²) in [6, 6.07) is 9.27. The van der Waals surface area contributed by atoms with E-state index < -0.39 is 0 Å². The fraction of sp³-hybridized carbons (Fsp3) is 0.294. The van der Waals surface area contributed by atoms with Gasteiger partial charge in [-0.3, -0.25) is 4.98 Å². The summed E-state index contributed by atoms with van der Waals surface area (Å²) in [5.41, 5.74) is 0.915. The Morgan fingerprint density at radius 2 is 2.33 bits per heavy atom. The normalized spacial score (nSPS) is 18.0. The van der Waals surface area contributed by atoms with Crippen LogP contribution in [0.25, 0.3) is 10.2 Å². The average Bonchev–Trinajstić information content (AvgIpc) is 3.04. The number of ether oxygens (including phenoxy) is 1. The van der Waals surface area contributed by atoms with Crippen LogP contribution in [-0.2, 0) is 0 Å². The third-order valence-electron chi connectivity index (χ3n) is 4.03. The van der Waals surface area contributed by atoms with E-state index in [4.69, 9.17) is 9.72 Å². The largest absolute Gasteiger partial charge is 0.508 e. The van der Waals surface area contributed by atoms with Crippen LogP contribution in [0.3, 0.4) is 0 Å². The number of nitrogens with one attached hydrogen (secondary N) is 1. The zero-order valence-electron chi connectivity index (χ0n) is 13.1. The fourth-order valence-corrected chi connectivity index (χ4v) is 3.91. The molecule has 1 atom stereocenters. The number of rotatable bonds is 4. The molecule has 24 heavy (non-hydrogen) atoms. The van der Waals surface area contributed by atoms with Crippen molar-refractivity contribution < 1.29 is 9.84 Å². The molecule has 0 bridgehead atoms. The summed E-state index contributed by atoms with van der Waals surface area (Å²) in [7, 11) is 0. The molecule has 4 rings (SSSR count). The van der Waals surface area contributed by atoms with Crippen molar-refractivity contribution in [2.75, 3.05) is 31.1 Å². The highest BCUT2D eigenvalue weighted by Crippen LogP contribution is 2.32. The Balaban J connectivity index is 1.54. The van der Waals surface area contributed by atoms with E-state index in [1.54, 1.807) is 35.9 Å². The number of benzene rings is 1. The van der Waals surface area contributed by atoms with Gasteiger partial charge in [-0.05, 0) is 30.3 Å². The first-order valence-electron chi connectivity index (χ1n) is 7.89. The highest BCUT2D eigenvalue weighted by atomic mass is 32.1. The number of nitrogens with zero attached hydrogens (tertiary/aromatic N) is 3. The molecule has 2 N–H and O–H groups in total. The monoisotopic (exact) mass is 342 g/mol. The lowest BCUT2D eigenvalue weighted by Crippen LogP contribution is -2.54. The van der Waals surface area contributed by atoms with Crippen molar-refractivity contribution in [1.82, 2.24) is 15.3 Å². The molecule has 0 aliphatic carbocycles. The van der Waals surface area contributed by atoms with Gasteiger partial charge in [0.1, 0.15) is 18.1 Å². The first-order valence-corrected chi connectivity index (χ1v) is 8.71. The lowest BCUT2D eigenvalue weighted by atomic mass is 10.2. The van der Waals surface area contributed by atoms with Crippen molar-refractivity contribution in [3.63, 3.8) is 0 Å². The molecule has 3 heterocycles. The Morgan fingerprint density at radius 3 is 3.21 bits per heavy atom. The van der Waals surface area contributed by atoms with Gasteiger partial charge in [-0.1, -0.05) is 11.3 Å². The number of aromatic nitrogens is 2. The molecule has 1 fully saturated rings. The molecule has 1 saturated heterocycles. The molecule has 0 saturated carbocycles. The van der Waals surface area contributed by atoms with Crippen molar-refractivity contribution in [3.05, 3.63) is 42.7 Å². The van der Waals surface area contributed by atoms with Gasteiger partial charge >= 0.3 is 0 Å². The summed E-state index contributed by atoms with van der Waals surface area (Å²) in [4.78, 5) is 11.1. The maximum absolute atomic E-state index is 9.64. The van der Waals surface area contributed by atoms with Crippen LogP contribution in [0.2, 0.25) is 0 Å². The van der Waals surface area contributed by atoms with Crippen LogP contribution >= 0.6 is 11.3 Å². The maximum atomic E-state index is 9.64. The minimum Gasteiger partial charge on any atom is -0.508 e. The van der Waals surface area contributed by atoms with E-state index in [9.17, 15) is 5.11 Å². The highest BCUT2D eigenvalue weighted by molar-refractivity contribution is 7.22. The molecule has 1 aliphatic rings. The lowest BCUT2D eigenvalue weighted by Gasteiger charge is -2.35. The molecule has 0 amide bonds. The van der Waals surface area contributed by atoms with E-state index in [-0.39, 0.29) is 11.8 Å². The van der Waals surface area contributed by atoms with E-state index in [0.717, 1.165) is 40.7 Å². The molecule has 7 heteroatoms. The van der Waals surface area contributed by atoms with E-state index in [2.05, 4.69) is 15.2 Å². The molecule has 1 aliphatic heterocycles. The van der Waals surface area contributed by atoms with Crippen molar-refractivity contribution in [2.24, 2.45) is 0 Å². The first-order chi connectivity index (χ1) is 11.8. The van der Waals surface area contributed by atoms with E-state index in [1.165, 1.54) is 0 Å². The fourth-order valence-electron chi connectivity index (χ4n) is 2.81. The molecule has 0 radical (unpaired) electrons. The summed E-state index contributed by atoms with van der Waals surface area (Å²) in [5.74, 6) is 1.05. The smallest absolute Gasteiger partial charge is 0.186 e. The topological polar surface area (TPSA) is 70.5 Å². The van der Waals surface area contributed by atoms with Crippen molar-refractivity contribution in [2.45, 2.75) is 6.04 Å². The van der Waals surface area contributed by atoms with Crippen LogP contribution in [0.1, 0.15) is 0 Å². The van der Waals surface area contributed by atoms with Crippen LogP contribution in [0, 0.1) is 0 Å². The van der Waals surface area contributed by atoms with Crippen LogP contribution in [0.4, 0.5) is 5.13 Å². The van der Waals surface area contributed by atoms with Gasteiger partial charge in [-0.15, -0.1) is 0 Å². The Hall–Kier alpha value is -2.38. The summed E-state index contributed by atoms with van der Waals surface area (Å²) >= 11 is 1.60. The summed E-state index contributed by atoms with van der Waals surface area (Å²) < 4.78 is 6.88. The number of phenolic OH excluding ortho intramolecular Hbond substituents is 1. The number of anilines is 1. The Morgan fingerprint density at radius 1 is 1.38 bits per heavy atom. The minimum absolute atomic E-state index is 0.202. The lowest BCUT2D eigenvalue weighted by molar-refractivity contribution is 0.266. The second-order valence-electron chi connectivity index (χ2n) is 5.70. The predicted molar refractivity (Wildman–Crippen MR) is 95.0 cm³/mol. The molecule has 1 unspecified atom stereocenters. The standard InChI is InChI=1S/C17H18N4O2S/c22-13-3-4-15-16(8-13)24-17(20-15)21-7-6-19-9-12(21)11-23-14-2-1-5-18-10-14/h1-5,8,10,12,19,22H,6-7,9,11H2. The van der Waals surface area contributed by atoms with Crippen molar-refractivity contribution >= 4 is 26.7 Å². The van der Waals surface area contributed by atoms with Gasteiger partial charge < -0.3 is 20.1 Å². The molecule has 124 valence electrons. The Kier molecular flexibility index (Phi) is 4.18. The van der Waals surface area contributed by atoms with E-state index in [0.29, 0.717) is 6.61 Å². The Bertz CT molecular complexity index is 824. The van der Waals surface area contributed by atoms with Gasteiger partial charge in [0.05, 0.1) is 22.5 Å². The second-order valence-corrected chi connectivity index (χ2v) is 6.71. The number of hydrogen-bond donors (Lipinski definition) is 2. The van der Waals surface area contributed by atoms with Gasteiger partial charge in [0.2, 0.25) is 0 Å². The van der Waals surface area contributed by atoms with Gasteiger partial charge in [0, 0.05) is 25.8 Å². The number of phenols is 1. The minimum atomic E-state index is 0.202. The SMILES string of the molecule is Oc1ccc2nc(N3CCNCC3COc3cccnc3)sc2c1. The number of aromatic hydroxyl groups is 1. The number of thiazole rings is 1. The average molecular weight is 342 g/mol. The first kappa shape index (κ1) is 15.2. The Labute approximate surface area is 143 Å². The summed E-state index contributed by atoms with van der Waals surface area (Å²) in [5, 5.41) is 14.0. The predicted octanol–water partition coefficient (Wildman–Crippen LogP) is 2.25. The van der Waals surface area contributed by atoms with Crippen molar-refractivity contribution in [3.8, 4) is 11.5 Å². The molecule has 2 aromatic heterocycles. The molecule has 0 spiro atoms. The van der Waals surface area contributed by atoms with Crippen LogP contribution in [-0.4, -0.2) is 47.4 Å². The maximum Gasteiger partial charge on any atom is 0.186 e. The van der Waals surface area contributed by atoms with Gasteiger partial charge in [0.15, 0.2) is 5.13 Å². The number of piperazine rings is 1. The van der Waals surface area contributed by atoms with Gasteiger partial charge in [0.25, 0.3) is 0 Å². The van der Waals surface area contributed by atoms with Crippen LogP contribution in [0.15, 0.2) is 42.7 Å².